The van der Waals surface area contributed by atoms with Gasteiger partial charge in [0.1, 0.15) is 6.04 Å². The number of aliphatic hydroxyl groups excluding tert-OH is 1. The number of rotatable bonds is 14. The lowest BCUT2D eigenvalue weighted by Gasteiger charge is -2.40. The monoisotopic (exact) mass is 611 g/mol. The molecule has 4 saturated heterocycles. The fourth-order valence-corrected chi connectivity index (χ4v) is 9.89. The second-order valence-electron chi connectivity index (χ2n) is 12.2. The number of morpholine rings is 1. The molecule has 6 atom stereocenters. The van der Waals surface area contributed by atoms with Crippen LogP contribution in [-0.2, 0) is 23.9 Å². The summed E-state index contributed by atoms with van der Waals surface area (Å²) in [6, 6.07) is 7.81. The molecule has 4 aliphatic heterocycles. The molecule has 4 fully saturated rings. The van der Waals surface area contributed by atoms with E-state index in [1.165, 1.54) is 0 Å². The first kappa shape index (κ1) is 31.8. The van der Waals surface area contributed by atoms with E-state index in [1.54, 1.807) is 33.7 Å². The Bertz CT molecular complexity index is 1190. The summed E-state index contributed by atoms with van der Waals surface area (Å²) in [5.74, 6) is -2.16. The van der Waals surface area contributed by atoms with Crippen molar-refractivity contribution < 1.29 is 29.0 Å². The lowest BCUT2D eigenvalue weighted by Crippen LogP contribution is -2.56. The van der Waals surface area contributed by atoms with E-state index >= 15 is 0 Å². The first-order valence-corrected chi connectivity index (χ1v) is 16.3. The van der Waals surface area contributed by atoms with Gasteiger partial charge in [0.2, 0.25) is 11.8 Å². The zero-order chi connectivity index (χ0) is 30.6. The molecule has 234 valence electrons. The number of thioether (sulfide) groups is 1. The molecule has 2 bridgehead atoms. The molecule has 1 spiro atoms. The van der Waals surface area contributed by atoms with Gasteiger partial charge in [0.05, 0.1) is 49.1 Å². The van der Waals surface area contributed by atoms with Gasteiger partial charge < -0.3 is 24.4 Å². The van der Waals surface area contributed by atoms with E-state index in [1.807, 2.05) is 37.3 Å². The molecule has 1 N–H and O–H groups in total. The first-order valence-electron chi connectivity index (χ1n) is 15.5. The van der Waals surface area contributed by atoms with E-state index in [9.17, 15) is 19.5 Å². The van der Waals surface area contributed by atoms with Gasteiger partial charge in [-0.25, -0.2) is 0 Å². The summed E-state index contributed by atoms with van der Waals surface area (Å²) >= 11 is 1.62. The number of nitrogens with zero attached hydrogens (tertiary/aromatic N) is 3. The number of fused-ring (bicyclic) bond motifs is 1. The summed E-state index contributed by atoms with van der Waals surface area (Å²) in [5.41, 5.74) is 0.755. The Balaban J connectivity index is 1.51. The van der Waals surface area contributed by atoms with Gasteiger partial charge in [0, 0.05) is 37.5 Å². The molecular formula is C33H45N3O6S. The molecule has 0 saturated carbocycles. The SMILES string of the molecule is C=CCCCOC(=O)[C@@H]1[C@H]2C(=O)N([C@H](CO)c3ccccc3)C(C(=O)N(CC=C)CCN3CCOCC3)C23CC[C@@]1(C)S3. The summed E-state index contributed by atoms with van der Waals surface area (Å²) in [4.78, 5) is 48.8. The molecule has 0 radical (unpaired) electrons. The van der Waals surface area contributed by atoms with Crippen molar-refractivity contribution in [3.05, 3.63) is 61.2 Å². The number of hydrogen-bond donors (Lipinski definition) is 1. The van der Waals surface area contributed by atoms with Crippen molar-refractivity contribution >= 4 is 29.5 Å². The normalized spacial score (nSPS) is 30.6. The maximum absolute atomic E-state index is 14.8. The summed E-state index contributed by atoms with van der Waals surface area (Å²) in [6.45, 7) is 14.1. The molecular weight excluding hydrogens is 566 g/mol. The fourth-order valence-electron chi connectivity index (χ4n) is 7.56. The number of esters is 1. The first-order chi connectivity index (χ1) is 20.8. The van der Waals surface area contributed by atoms with Gasteiger partial charge in [-0.1, -0.05) is 42.5 Å². The Hall–Kier alpha value is -2.66. The predicted octanol–water partition coefficient (Wildman–Crippen LogP) is 3.06. The molecule has 1 aromatic carbocycles. The molecule has 5 rings (SSSR count). The van der Waals surface area contributed by atoms with Crippen LogP contribution in [0.2, 0.25) is 0 Å². The van der Waals surface area contributed by atoms with Crippen molar-refractivity contribution in [3.8, 4) is 0 Å². The van der Waals surface area contributed by atoms with Crippen molar-refractivity contribution in [1.82, 2.24) is 14.7 Å². The van der Waals surface area contributed by atoms with Crippen LogP contribution in [0, 0.1) is 11.8 Å². The van der Waals surface area contributed by atoms with Crippen LogP contribution in [-0.4, -0.2) is 112 Å². The number of ether oxygens (including phenoxy) is 2. The summed E-state index contributed by atoms with van der Waals surface area (Å²) in [5, 5.41) is 10.7. The van der Waals surface area contributed by atoms with Crippen LogP contribution < -0.4 is 0 Å². The van der Waals surface area contributed by atoms with Crippen molar-refractivity contribution in [2.45, 2.75) is 54.2 Å². The lowest BCUT2D eigenvalue weighted by molar-refractivity contribution is -0.156. The predicted molar refractivity (Wildman–Crippen MR) is 166 cm³/mol. The van der Waals surface area contributed by atoms with Gasteiger partial charge >= 0.3 is 5.97 Å². The minimum absolute atomic E-state index is 0.157. The van der Waals surface area contributed by atoms with Gasteiger partial charge in [-0.3, -0.25) is 19.3 Å². The second kappa shape index (κ2) is 13.5. The Morgan fingerprint density at radius 2 is 1.95 bits per heavy atom. The third-order valence-electron chi connectivity index (χ3n) is 9.64. The number of carbonyl (C=O) groups is 3. The highest BCUT2D eigenvalue weighted by atomic mass is 32.2. The van der Waals surface area contributed by atoms with Crippen molar-refractivity contribution in [1.29, 1.82) is 0 Å². The fraction of sp³-hybridized carbons (Fsp3) is 0.606. The topological polar surface area (TPSA) is 99.6 Å². The Morgan fingerprint density at radius 1 is 1.21 bits per heavy atom. The highest BCUT2D eigenvalue weighted by Crippen LogP contribution is 2.72. The maximum Gasteiger partial charge on any atom is 0.311 e. The highest BCUT2D eigenvalue weighted by molar-refractivity contribution is 8.02. The van der Waals surface area contributed by atoms with Crippen LogP contribution in [0.3, 0.4) is 0 Å². The number of aliphatic hydroxyl groups is 1. The molecule has 0 aliphatic carbocycles. The van der Waals surface area contributed by atoms with Crippen LogP contribution in [0.1, 0.15) is 44.2 Å². The number of amides is 2. The Kier molecular flexibility index (Phi) is 10.0. The average molecular weight is 612 g/mol. The second-order valence-corrected chi connectivity index (χ2v) is 14.1. The van der Waals surface area contributed by atoms with E-state index < -0.39 is 33.4 Å². The summed E-state index contributed by atoms with van der Waals surface area (Å²) in [6.07, 6.45) is 6.26. The van der Waals surface area contributed by atoms with Crippen LogP contribution in [0.4, 0.5) is 0 Å². The van der Waals surface area contributed by atoms with Crippen LogP contribution >= 0.6 is 11.8 Å². The quantitative estimate of drug-likeness (QED) is 0.195. The van der Waals surface area contributed by atoms with Crippen LogP contribution in [0.5, 0.6) is 0 Å². The third-order valence-corrected chi connectivity index (χ3v) is 11.6. The number of benzene rings is 1. The van der Waals surface area contributed by atoms with E-state index in [2.05, 4.69) is 18.1 Å². The Morgan fingerprint density at radius 3 is 2.63 bits per heavy atom. The zero-order valence-corrected chi connectivity index (χ0v) is 26.0. The van der Waals surface area contributed by atoms with Gasteiger partial charge in [-0.2, -0.15) is 0 Å². The minimum atomic E-state index is -0.836. The molecule has 4 heterocycles. The highest BCUT2D eigenvalue weighted by Gasteiger charge is 2.78. The molecule has 1 aromatic rings. The van der Waals surface area contributed by atoms with E-state index in [4.69, 9.17) is 9.47 Å². The van der Waals surface area contributed by atoms with Gasteiger partial charge in [-0.05, 0) is 38.2 Å². The molecule has 43 heavy (non-hydrogen) atoms. The molecule has 9 nitrogen and oxygen atoms in total. The number of unbranched alkanes of at least 4 members (excludes halogenated alkanes) is 1. The van der Waals surface area contributed by atoms with Gasteiger partial charge in [0.15, 0.2) is 0 Å². The van der Waals surface area contributed by atoms with E-state index in [0.29, 0.717) is 52.1 Å². The maximum atomic E-state index is 14.8. The molecule has 4 aliphatic rings. The lowest BCUT2D eigenvalue weighted by atomic mass is 9.66. The van der Waals surface area contributed by atoms with Crippen LogP contribution in [0.15, 0.2) is 55.6 Å². The van der Waals surface area contributed by atoms with Gasteiger partial charge in [0.25, 0.3) is 0 Å². The largest absolute Gasteiger partial charge is 0.465 e. The number of hydrogen-bond acceptors (Lipinski definition) is 8. The van der Waals surface area contributed by atoms with Crippen LogP contribution in [0.25, 0.3) is 0 Å². The van der Waals surface area contributed by atoms with Crippen molar-refractivity contribution in [3.63, 3.8) is 0 Å². The number of carbonyl (C=O) groups excluding carboxylic acids is 3. The third kappa shape index (κ3) is 5.91. The molecule has 0 aromatic heterocycles. The molecule has 2 amide bonds. The zero-order valence-electron chi connectivity index (χ0n) is 25.2. The van der Waals surface area contributed by atoms with E-state index in [-0.39, 0.29) is 31.0 Å². The minimum Gasteiger partial charge on any atom is -0.465 e. The molecule has 2 unspecified atom stereocenters. The van der Waals surface area contributed by atoms with E-state index in [0.717, 1.165) is 25.1 Å². The van der Waals surface area contributed by atoms with Crippen molar-refractivity contribution in [2.75, 3.05) is 59.2 Å². The van der Waals surface area contributed by atoms with Crippen molar-refractivity contribution in [2.24, 2.45) is 11.8 Å². The number of allylic oxidation sites excluding steroid dienone is 1. The smallest absolute Gasteiger partial charge is 0.311 e. The number of likely N-dealkylation sites (tertiary alicyclic amines) is 1. The average Bonchev–Trinajstić information content (AvgIpc) is 3.59. The summed E-state index contributed by atoms with van der Waals surface area (Å²) in [7, 11) is 0. The molecule has 10 heteroatoms. The Labute approximate surface area is 259 Å². The van der Waals surface area contributed by atoms with Gasteiger partial charge in [-0.15, -0.1) is 24.9 Å². The summed E-state index contributed by atoms with van der Waals surface area (Å²) < 4.78 is 9.93. The standard InChI is InChI=1S/C33H45N3O6S/c1-4-6-10-20-42-31(40)27-26-29(38)36(25(23-37)24-11-8-7-9-12-24)28(33(26)14-13-32(27,3)43-33)30(39)35(15-5-2)17-16-34-18-21-41-22-19-34/h4-5,7-9,11-12,25-28,37H,1-2,6,10,13-23H2,3H3/t25-,26+,27+,28?,32-,33?/m1/s1.